The molecule has 1 fully saturated rings. The maximum atomic E-state index is 12.7. The number of nitrogens with zero attached hydrogens (tertiary/aromatic N) is 2. The first kappa shape index (κ1) is 23.6. The highest BCUT2D eigenvalue weighted by molar-refractivity contribution is 5.97. The van der Waals surface area contributed by atoms with Crippen molar-refractivity contribution in [2.24, 2.45) is 0 Å². The Labute approximate surface area is 189 Å². The van der Waals surface area contributed by atoms with Crippen molar-refractivity contribution in [3.05, 3.63) is 59.7 Å². The Hall–Kier alpha value is -3.10. The first-order valence-corrected chi connectivity index (χ1v) is 10.8. The topological polar surface area (TPSA) is 83.1 Å². The van der Waals surface area contributed by atoms with E-state index in [4.69, 9.17) is 9.47 Å². The smallest absolute Gasteiger partial charge is 0.251 e. The van der Waals surface area contributed by atoms with Crippen molar-refractivity contribution in [1.29, 1.82) is 0 Å². The monoisotopic (exact) mass is 440 g/mol. The Morgan fingerprint density at radius 3 is 2.31 bits per heavy atom. The van der Waals surface area contributed by atoms with Gasteiger partial charge in [-0.05, 0) is 30.8 Å². The van der Waals surface area contributed by atoms with Crippen molar-refractivity contribution in [2.45, 2.75) is 6.04 Å². The SMILES string of the molecule is COc1ccc(C(=O)NCC(=O)NC(CN2CCN(C)CC2)c2ccccc2)cc1OC. The highest BCUT2D eigenvalue weighted by Gasteiger charge is 2.21. The molecule has 172 valence electrons. The van der Waals surface area contributed by atoms with Crippen LogP contribution in [0.15, 0.2) is 48.5 Å². The van der Waals surface area contributed by atoms with Gasteiger partial charge in [-0.25, -0.2) is 0 Å². The summed E-state index contributed by atoms with van der Waals surface area (Å²) in [6.45, 7) is 4.57. The second-order valence-electron chi connectivity index (χ2n) is 7.89. The molecule has 1 heterocycles. The van der Waals surface area contributed by atoms with Gasteiger partial charge in [-0.15, -0.1) is 0 Å². The van der Waals surface area contributed by atoms with Gasteiger partial charge < -0.3 is 25.0 Å². The molecule has 8 nitrogen and oxygen atoms in total. The number of benzene rings is 2. The molecule has 0 aliphatic carbocycles. The summed E-state index contributed by atoms with van der Waals surface area (Å²) in [6, 6.07) is 14.7. The van der Waals surface area contributed by atoms with Gasteiger partial charge in [0.25, 0.3) is 5.91 Å². The molecule has 2 N–H and O–H groups in total. The summed E-state index contributed by atoms with van der Waals surface area (Å²) in [5.74, 6) is 0.413. The van der Waals surface area contributed by atoms with Gasteiger partial charge >= 0.3 is 0 Å². The van der Waals surface area contributed by atoms with Crippen molar-refractivity contribution < 1.29 is 19.1 Å². The number of carbonyl (C=O) groups is 2. The fourth-order valence-corrected chi connectivity index (χ4v) is 3.69. The second kappa shape index (κ2) is 11.5. The lowest BCUT2D eigenvalue weighted by atomic mass is 10.1. The summed E-state index contributed by atoms with van der Waals surface area (Å²) in [5, 5.41) is 5.77. The second-order valence-corrected chi connectivity index (χ2v) is 7.89. The molecule has 1 unspecified atom stereocenters. The largest absolute Gasteiger partial charge is 0.493 e. The highest BCUT2D eigenvalue weighted by atomic mass is 16.5. The Kier molecular flexibility index (Phi) is 8.47. The Bertz CT molecular complexity index is 898. The number of hydrogen-bond acceptors (Lipinski definition) is 6. The maximum absolute atomic E-state index is 12.7. The van der Waals surface area contributed by atoms with Crippen molar-refractivity contribution in [3.8, 4) is 11.5 Å². The lowest BCUT2D eigenvalue weighted by Crippen LogP contribution is -2.48. The molecule has 1 aliphatic rings. The molecule has 0 spiro atoms. The average Bonchev–Trinajstić information content (AvgIpc) is 2.83. The van der Waals surface area contributed by atoms with Crippen molar-refractivity contribution >= 4 is 11.8 Å². The zero-order chi connectivity index (χ0) is 22.9. The normalized spacial score (nSPS) is 15.6. The van der Waals surface area contributed by atoms with Crippen LogP contribution in [0.2, 0.25) is 0 Å². The van der Waals surface area contributed by atoms with Gasteiger partial charge in [0, 0.05) is 38.3 Å². The molecule has 32 heavy (non-hydrogen) atoms. The molecule has 0 aromatic heterocycles. The Balaban J connectivity index is 1.59. The van der Waals surface area contributed by atoms with Gasteiger partial charge in [-0.3, -0.25) is 14.5 Å². The number of piperazine rings is 1. The van der Waals surface area contributed by atoms with Gasteiger partial charge in [0.15, 0.2) is 11.5 Å². The molecule has 2 aromatic rings. The highest BCUT2D eigenvalue weighted by Crippen LogP contribution is 2.27. The van der Waals surface area contributed by atoms with Crippen LogP contribution in [0.1, 0.15) is 22.0 Å². The van der Waals surface area contributed by atoms with E-state index in [1.165, 1.54) is 14.2 Å². The summed E-state index contributed by atoms with van der Waals surface area (Å²) >= 11 is 0. The van der Waals surface area contributed by atoms with E-state index in [0.29, 0.717) is 17.1 Å². The van der Waals surface area contributed by atoms with E-state index >= 15 is 0 Å². The van der Waals surface area contributed by atoms with E-state index in [0.717, 1.165) is 38.3 Å². The van der Waals surface area contributed by atoms with Crippen LogP contribution < -0.4 is 20.1 Å². The third-order valence-corrected chi connectivity index (χ3v) is 5.63. The Morgan fingerprint density at radius 2 is 1.66 bits per heavy atom. The van der Waals surface area contributed by atoms with E-state index in [1.54, 1.807) is 18.2 Å². The molecule has 8 heteroatoms. The summed E-state index contributed by atoms with van der Waals surface area (Å²) in [7, 11) is 5.17. The van der Waals surface area contributed by atoms with Crippen LogP contribution in [0, 0.1) is 0 Å². The van der Waals surface area contributed by atoms with Gasteiger partial charge in [-0.2, -0.15) is 0 Å². The molecule has 1 saturated heterocycles. The van der Waals surface area contributed by atoms with Gasteiger partial charge in [0.1, 0.15) is 0 Å². The third-order valence-electron chi connectivity index (χ3n) is 5.63. The summed E-state index contributed by atoms with van der Waals surface area (Å²) in [6.07, 6.45) is 0. The van der Waals surface area contributed by atoms with Crippen LogP contribution in [-0.4, -0.2) is 82.1 Å². The molecule has 3 rings (SSSR count). The quantitative estimate of drug-likeness (QED) is 0.616. The standard InChI is InChI=1S/C24H32N4O4/c1-27-11-13-28(14-12-27)17-20(18-7-5-4-6-8-18)26-23(29)16-25-24(30)19-9-10-21(31-2)22(15-19)32-3/h4-10,15,20H,11-14,16-17H2,1-3H3,(H,25,30)(H,26,29). The molecule has 2 aromatic carbocycles. The fraction of sp³-hybridized carbons (Fsp3) is 0.417. The lowest BCUT2D eigenvalue weighted by molar-refractivity contribution is -0.121. The van der Waals surface area contributed by atoms with E-state index < -0.39 is 0 Å². The number of carbonyl (C=O) groups excluding carboxylic acids is 2. The Morgan fingerprint density at radius 1 is 0.969 bits per heavy atom. The molecule has 0 bridgehead atoms. The lowest BCUT2D eigenvalue weighted by Gasteiger charge is -2.35. The van der Waals surface area contributed by atoms with Crippen LogP contribution in [0.25, 0.3) is 0 Å². The van der Waals surface area contributed by atoms with E-state index in [-0.39, 0.29) is 24.4 Å². The summed E-state index contributed by atoms with van der Waals surface area (Å²) in [5.41, 5.74) is 1.44. The van der Waals surface area contributed by atoms with E-state index in [1.807, 2.05) is 30.3 Å². The average molecular weight is 441 g/mol. The molecular weight excluding hydrogens is 408 g/mol. The van der Waals surface area contributed by atoms with E-state index in [2.05, 4.69) is 27.5 Å². The van der Waals surface area contributed by atoms with Crippen LogP contribution in [-0.2, 0) is 4.79 Å². The fourth-order valence-electron chi connectivity index (χ4n) is 3.69. The minimum absolute atomic E-state index is 0.112. The summed E-state index contributed by atoms with van der Waals surface area (Å²) in [4.78, 5) is 29.9. The number of ether oxygens (including phenoxy) is 2. The molecular formula is C24H32N4O4. The van der Waals surface area contributed by atoms with Crippen molar-refractivity contribution in [1.82, 2.24) is 20.4 Å². The predicted molar refractivity (Wildman–Crippen MR) is 123 cm³/mol. The van der Waals surface area contributed by atoms with Crippen LogP contribution in [0.3, 0.4) is 0 Å². The number of nitrogens with one attached hydrogen (secondary N) is 2. The molecule has 1 aliphatic heterocycles. The van der Waals surface area contributed by atoms with E-state index in [9.17, 15) is 9.59 Å². The minimum atomic E-state index is -0.351. The van der Waals surface area contributed by atoms with Crippen molar-refractivity contribution in [3.63, 3.8) is 0 Å². The van der Waals surface area contributed by atoms with Crippen LogP contribution >= 0.6 is 0 Å². The van der Waals surface area contributed by atoms with Gasteiger partial charge in [0.2, 0.25) is 5.91 Å². The van der Waals surface area contributed by atoms with Gasteiger partial charge in [0.05, 0.1) is 26.8 Å². The van der Waals surface area contributed by atoms with Crippen LogP contribution in [0.5, 0.6) is 11.5 Å². The third kappa shape index (κ3) is 6.45. The zero-order valence-electron chi connectivity index (χ0n) is 19.0. The number of methoxy groups -OCH3 is 2. The zero-order valence-corrected chi connectivity index (χ0v) is 19.0. The molecule has 0 saturated carbocycles. The first-order valence-electron chi connectivity index (χ1n) is 10.8. The minimum Gasteiger partial charge on any atom is -0.493 e. The first-order chi connectivity index (χ1) is 15.5. The predicted octanol–water partition coefficient (Wildman–Crippen LogP) is 1.54. The molecule has 0 radical (unpaired) electrons. The van der Waals surface area contributed by atoms with Gasteiger partial charge in [-0.1, -0.05) is 30.3 Å². The van der Waals surface area contributed by atoms with Crippen molar-refractivity contribution in [2.75, 3.05) is 60.5 Å². The number of likely N-dealkylation sites (N-methyl/N-ethyl adjacent to an activating group) is 1. The number of hydrogen-bond donors (Lipinski definition) is 2. The molecule has 2 amide bonds. The number of amides is 2. The van der Waals surface area contributed by atoms with Crippen LogP contribution in [0.4, 0.5) is 0 Å². The summed E-state index contributed by atoms with van der Waals surface area (Å²) < 4.78 is 10.4. The number of rotatable bonds is 9. The maximum Gasteiger partial charge on any atom is 0.251 e. The molecule has 1 atom stereocenters.